The first kappa shape index (κ1) is 21.6. The van der Waals surface area contributed by atoms with E-state index in [9.17, 15) is 4.79 Å². The van der Waals surface area contributed by atoms with Crippen LogP contribution in [0.3, 0.4) is 0 Å². The van der Waals surface area contributed by atoms with Crippen molar-refractivity contribution in [3.05, 3.63) is 83.9 Å². The highest BCUT2D eigenvalue weighted by atomic mass is 16.5. The van der Waals surface area contributed by atoms with E-state index in [1.165, 1.54) is 0 Å². The van der Waals surface area contributed by atoms with Crippen LogP contribution in [-0.2, 0) is 0 Å². The molecule has 0 aliphatic carbocycles. The number of carbonyl (C=O) groups is 1. The van der Waals surface area contributed by atoms with E-state index in [1.54, 1.807) is 0 Å². The summed E-state index contributed by atoms with van der Waals surface area (Å²) in [6, 6.07) is 23.1. The first-order valence-electron chi connectivity index (χ1n) is 10.7. The number of ether oxygens (including phenoxy) is 2. The van der Waals surface area contributed by atoms with Crippen molar-refractivity contribution in [2.45, 2.75) is 52.7 Å². The second-order valence-corrected chi connectivity index (χ2v) is 7.60. The Morgan fingerprint density at radius 2 is 1.23 bits per heavy atom. The van der Waals surface area contributed by atoms with Crippen molar-refractivity contribution in [2.24, 2.45) is 0 Å². The lowest BCUT2D eigenvalue weighted by molar-refractivity contribution is 0.103. The average molecular weight is 403 g/mol. The molecule has 0 N–H and O–H groups in total. The maximum Gasteiger partial charge on any atom is 0.193 e. The van der Waals surface area contributed by atoms with Crippen LogP contribution in [0.5, 0.6) is 11.5 Å². The van der Waals surface area contributed by atoms with E-state index in [4.69, 9.17) is 9.47 Å². The van der Waals surface area contributed by atoms with Crippen molar-refractivity contribution in [3.8, 4) is 22.6 Å². The van der Waals surface area contributed by atoms with E-state index < -0.39 is 0 Å². The van der Waals surface area contributed by atoms with Crippen molar-refractivity contribution < 1.29 is 14.3 Å². The zero-order valence-corrected chi connectivity index (χ0v) is 18.2. The second kappa shape index (κ2) is 10.1. The summed E-state index contributed by atoms with van der Waals surface area (Å²) >= 11 is 0. The van der Waals surface area contributed by atoms with Crippen molar-refractivity contribution in [3.63, 3.8) is 0 Å². The third-order valence-corrected chi connectivity index (χ3v) is 5.28. The average Bonchev–Trinajstić information content (AvgIpc) is 2.79. The van der Waals surface area contributed by atoms with Gasteiger partial charge in [-0.05, 0) is 74.2 Å². The van der Waals surface area contributed by atoms with Gasteiger partial charge in [-0.3, -0.25) is 4.79 Å². The summed E-state index contributed by atoms with van der Waals surface area (Å²) in [6.07, 6.45) is 2.23. The Morgan fingerprint density at radius 1 is 0.733 bits per heavy atom. The topological polar surface area (TPSA) is 35.5 Å². The van der Waals surface area contributed by atoms with Crippen LogP contribution in [0.15, 0.2) is 72.8 Å². The molecule has 0 spiro atoms. The molecule has 3 aromatic carbocycles. The molecule has 0 saturated heterocycles. The van der Waals surface area contributed by atoms with Gasteiger partial charge in [-0.15, -0.1) is 0 Å². The van der Waals surface area contributed by atoms with Crippen LogP contribution in [0.4, 0.5) is 0 Å². The monoisotopic (exact) mass is 402 g/mol. The summed E-state index contributed by atoms with van der Waals surface area (Å²) in [7, 11) is 0. The Labute approximate surface area is 179 Å². The third-order valence-electron chi connectivity index (χ3n) is 5.28. The zero-order chi connectivity index (χ0) is 21.5. The second-order valence-electron chi connectivity index (χ2n) is 7.60. The molecule has 2 atom stereocenters. The molecule has 0 fully saturated rings. The number of hydrogen-bond donors (Lipinski definition) is 0. The van der Waals surface area contributed by atoms with Gasteiger partial charge in [0, 0.05) is 11.1 Å². The van der Waals surface area contributed by atoms with E-state index in [-0.39, 0.29) is 18.0 Å². The van der Waals surface area contributed by atoms with Crippen LogP contribution >= 0.6 is 0 Å². The molecule has 0 aliphatic heterocycles. The van der Waals surface area contributed by atoms with E-state index in [0.29, 0.717) is 11.1 Å². The molecule has 3 nitrogen and oxygen atoms in total. The Kier molecular flexibility index (Phi) is 7.29. The summed E-state index contributed by atoms with van der Waals surface area (Å²) in [6.45, 7) is 8.28. The van der Waals surface area contributed by atoms with Gasteiger partial charge in [0.2, 0.25) is 0 Å². The molecule has 0 amide bonds. The van der Waals surface area contributed by atoms with Crippen LogP contribution < -0.4 is 9.47 Å². The standard InChI is InChI=1S/C27H30O3/c1-5-19(3)29-23-15-11-21(12-16-23)25-9-7-8-10-26(25)27(28)22-13-17-24(18-14-22)30-20(4)6-2/h7-20H,5-6H2,1-4H3. The molecule has 2 unspecified atom stereocenters. The van der Waals surface area contributed by atoms with Gasteiger partial charge >= 0.3 is 0 Å². The zero-order valence-electron chi connectivity index (χ0n) is 18.2. The van der Waals surface area contributed by atoms with Gasteiger partial charge in [-0.1, -0.05) is 50.2 Å². The fraction of sp³-hybridized carbons (Fsp3) is 0.296. The molecule has 3 heteroatoms. The van der Waals surface area contributed by atoms with Crippen LogP contribution in [0.1, 0.15) is 56.5 Å². The number of rotatable bonds is 9. The summed E-state index contributed by atoms with van der Waals surface area (Å²) in [5.41, 5.74) is 3.24. The van der Waals surface area contributed by atoms with E-state index in [2.05, 4.69) is 20.8 Å². The highest BCUT2D eigenvalue weighted by Crippen LogP contribution is 2.28. The minimum atomic E-state index is 0.000576. The van der Waals surface area contributed by atoms with Crippen molar-refractivity contribution in [1.29, 1.82) is 0 Å². The molecule has 3 aromatic rings. The Bertz CT molecular complexity index is 958. The lowest BCUT2D eigenvalue weighted by Gasteiger charge is -2.14. The van der Waals surface area contributed by atoms with Gasteiger partial charge in [0.25, 0.3) is 0 Å². The molecule has 3 rings (SSSR count). The molecule has 0 aliphatic rings. The smallest absolute Gasteiger partial charge is 0.193 e. The number of ketones is 1. The predicted molar refractivity (Wildman–Crippen MR) is 123 cm³/mol. The third kappa shape index (κ3) is 5.29. The van der Waals surface area contributed by atoms with Crippen LogP contribution in [0, 0.1) is 0 Å². The maximum absolute atomic E-state index is 13.2. The minimum Gasteiger partial charge on any atom is -0.491 e. The van der Waals surface area contributed by atoms with E-state index >= 15 is 0 Å². The molecular weight excluding hydrogens is 372 g/mol. The first-order valence-corrected chi connectivity index (χ1v) is 10.7. The SMILES string of the molecule is CCC(C)Oc1ccc(C(=O)c2ccccc2-c2ccc(OC(C)CC)cc2)cc1. The summed E-state index contributed by atoms with van der Waals surface area (Å²) in [4.78, 5) is 13.2. The molecule has 30 heavy (non-hydrogen) atoms. The summed E-state index contributed by atoms with van der Waals surface area (Å²) in [5, 5.41) is 0. The Morgan fingerprint density at radius 3 is 1.77 bits per heavy atom. The van der Waals surface area contributed by atoms with Crippen molar-refractivity contribution in [2.75, 3.05) is 0 Å². The lowest BCUT2D eigenvalue weighted by atomic mass is 9.94. The minimum absolute atomic E-state index is 0.000576. The first-order chi connectivity index (χ1) is 14.5. The number of carbonyl (C=O) groups excluding carboxylic acids is 1. The van der Waals surface area contributed by atoms with Crippen LogP contribution in [0.25, 0.3) is 11.1 Å². The van der Waals surface area contributed by atoms with Gasteiger partial charge in [0.1, 0.15) is 11.5 Å². The van der Waals surface area contributed by atoms with Crippen LogP contribution in [-0.4, -0.2) is 18.0 Å². The molecule has 0 radical (unpaired) electrons. The van der Waals surface area contributed by atoms with Crippen LogP contribution in [0.2, 0.25) is 0 Å². The molecular formula is C27H30O3. The molecule has 0 saturated carbocycles. The summed E-state index contributed by atoms with van der Waals surface area (Å²) in [5.74, 6) is 1.63. The Balaban J connectivity index is 1.83. The van der Waals surface area contributed by atoms with Gasteiger partial charge < -0.3 is 9.47 Å². The normalized spacial score (nSPS) is 12.8. The molecule has 0 aromatic heterocycles. The van der Waals surface area contributed by atoms with E-state index in [0.717, 1.165) is 35.5 Å². The van der Waals surface area contributed by atoms with Gasteiger partial charge in [-0.2, -0.15) is 0 Å². The molecule has 0 heterocycles. The quantitative estimate of drug-likeness (QED) is 0.364. The fourth-order valence-electron chi connectivity index (χ4n) is 3.12. The van der Waals surface area contributed by atoms with Gasteiger partial charge in [-0.25, -0.2) is 0 Å². The highest BCUT2D eigenvalue weighted by molar-refractivity contribution is 6.12. The van der Waals surface area contributed by atoms with E-state index in [1.807, 2.05) is 79.7 Å². The van der Waals surface area contributed by atoms with Crippen molar-refractivity contribution in [1.82, 2.24) is 0 Å². The largest absolute Gasteiger partial charge is 0.491 e. The number of benzene rings is 3. The van der Waals surface area contributed by atoms with Gasteiger partial charge in [0.15, 0.2) is 5.78 Å². The van der Waals surface area contributed by atoms with Crippen molar-refractivity contribution >= 4 is 5.78 Å². The molecule has 156 valence electrons. The van der Waals surface area contributed by atoms with Gasteiger partial charge in [0.05, 0.1) is 12.2 Å². The lowest BCUT2D eigenvalue weighted by Crippen LogP contribution is -2.10. The predicted octanol–water partition coefficient (Wildman–Crippen LogP) is 6.94. The molecule has 0 bridgehead atoms. The fourth-order valence-corrected chi connectivity index (χ4v) is 3.12. The Hall–Kier alpha value is -3.07. The highest BCUT2D eigenvalue weighted by Gasteiger charge is 2.15. The maximum atomic E-state index is 13.2. The number of hydrogen-bond acceptors (Lipinski definition) is 3. The summed E-state index contributed by atoms with van der Waals surface area (Å²) < 4.78 is 11.7.